The SMILES string of the molecule is O=C(CCc1ccccc1)NC1CCN(C(=O)c2ccc(OC(F)(F)F)cc2)CC1. The van der Waals surface area contributed by atoms with Gasteiger partial charge in [-0.1, -0.05) is 30.3 Å². The lowest BCUT2D eigenvalue weighted by atomic mass is 10.0. The third kappa shape index (κ3) is 6.50. The number of aryl methyl sites for hydroxylation is 1. The van der Waals surface area contributed by atoms with Gasteiger partial charge in [0.2, 0.25) is 5.91 Å². The second kappa shape index (κ2) is 9.65. The Hall–Kier alpha value is -3.03. The molecule has 2 amide bonds. The standard InChI is InChI=1S/C22H23F3N2O3/c23-22(24,25)30-19-9-7-17(8-10-19)21(29)27-14-12-18(13-15-27)26-20(28)11-6-16-4-2-1-3-5-16/h1-5,7-10,18H,6,11-15H2,(H,26,28). The average molecular weight is 420 g/mol. The molecule has 1 aliphatic heterocycles. The number of ether oxygens (including phenoxy) is 1. The van der Waals surface area contributed by atoms with Crippen LogP contribution in [-0.4, -0.2) is 42.2 Å². The third-order valence-corrected chi connectivity index (χ3v) is 4.97. The van der Waals surface area contributed by atoms with Crippen LogP contribution in [0.15, 0.2) is 54.6 Å². The predicted molar refractivity (Wildman–Crippen MR) is 105 cm³/mol. The van der Waals surface area contributed by atoms with E-state index in [2.05, 4.69) is 10.1 Å². The summed E-state index contributed by atoms with van der Waals surface area (Å²) in [7, 11) is 0. The number of hydrogen-bond acceptors (Lipinski definition) is 3. The van der Waals surface area contributed by atoms with E-state index >= 15 is 0 Å². The van der Waals surface area contributed by atoms with Crippen LogP contribution in [0.1, 0.15) is 35.2 Å². The zero-order chi connectivity index (χ0) is 21.6. The molecular weight excluding hydrogens is 397 g/mol. The van der Waals surface area contributed by atoms with Crippen LogP contribution in [0.4, 0.5) is 13.2 Å². The number of benzene rings is 2. The first-order valence-electron chi connectivity index (χ1n) is 9.78. The molecule has 3 rings (SSSR count). The molecule has 30 heavy (non-hydrogen) atoms. The van der Waals surface area contributed by atoms with E-state index in [1.807, 2.05) is 30.3 Å². The van der Waals surface area contributed by atoms with E-state index in [1.54, 1.807) is 4.90 Å². The summed E-state index contributed by atoms with van der Waals surface area (Å²) in [5, 5.41) is 3.02. The topological polar surface area (TPSA) is 58.6 Å². The van der Waals surface area contributed by atoms with Crippen LogP contribution >= 0.6 is 0 Å². The largest absolute Gasteiger partial charge is 0.573 e. The Kier molecular flexibility index (Phi) is 6.97. The summed E-state index contributed by atoms with van der Waals surface area (Å²) in [6.07, 6.45) is -2.40. The van der Waals surface area contributed by atoms with Gasteiger partial charge in [-0.05, 0) is 49.1 Å². The minimum atomic E-state index is -4.76. The fourth-order valence-corrected chi connectivity index (χ4v) is 3.41. The highest BCUT2D eigenvalue weighted by Crippen LogP contribution is 2.23. The van der Waals surface area contributed by atoms with Gasteiger partial charge >= 0.3 is 6.36 Å². The number of likely N-dealkylation sites (tertiary alicyclic amines) is 1. The number of piperidine rings is 1. The van der Waals surface area contributed by atoms with Gasteiger partial charge in [-0.25, -0.2) is 0 Å². The van der Waals surface area contributed by atoms with Crippen molar-refractivity contribution in [1.29, 1.82) is 0 Å². The van der Waals surface area contributed by atoms with E-state index in [0.29, 0.717) is 44.3 Å². The Morgan fingerprint density at radius 2 is 1.63 bits per heavy atom. The van der Waals surface area contributed by atoms with Crippen LogP contribution in [0.25, 0.3) is 0 Å². The first-order valence-corrected chi connectivity index (χ1v) is 9.78. The monoisotopic (exact) mass is 420 g/mol. The number of carbonyl (C=O) groups excluding carboxylic acids is 2. The quantitative estimate of drug-likeness (QED) is 0.770. The number of rotatable bonds is 6. The lowest BCUT2D eigenvalue weighted by Crippen LogP contribution is -2.46. The first-order chi connectivity index (χ1) is 14.3. The number of hydrogen-bond donors (Lipinski definition) is 1. The van der Waals surface area contributed by atoms with Crippen molar-refractivity contribution in [2.45, 2.75) is 38.1 Å². The first kappa shape index (κ1) is 21.7. The van der Waals surface area contributed by atoms with E-state index in [0.717, 1.165) is 17.7 Å². The molecule has 0 atom stereocenters. The van der Waals surface area contributed by atoms with Crippen LogP contribution in [0.5, 0.6) is 5.75 Å². The Labute approximate surface area is 172 Å². The van der Waals surface area contributed by atoms with Crippen molar-refractivity contribution >= 4 is 11.8 Å². The predicted octanol–water partition coefficient (Wildman–Crippen LogP) is 3.94. The molecule has 1 heterocycles. The maximum atomic E-state index is 12.6. The van der Waals surface area contributed by atoms with Gasteiger partial charge in [-0.15, -0.1) is 13.2 Å². The van der Waals surface area contributed by atoms with E-state index in [9.17, 15) is 22.8 Å². The molecule has 5 nitrogen and oxygen atoms in total. The summed E-state index contributed by atoms with van der Waals surface area (Å²) in [4.78, 5) is 26.4. The zero-order valence-corrected chi connectivity index (χ0v) is 16.3. The molecule has 0 saturated carbocycles. The van der Waals surface area contributed by atoms with Crippen LogP contribution in [0, 0.1) is 0 Å². The van der Waals surface area contributed by atoms with Gasteiger partial charge < -0.3 is 15.0 Å². The van der Waals surface area contributed by atoms with E-state index in [-0.39, 0.29) is 23.6 Å². The minimum Gasteiger partial charge on any atom is -0.406 e. The number of nitrogens with one attached hydrogen (secondary N) is 1. The second-order valence-corrected chi connectivity index (χ2v) is 7.19. The van der Waals surface area contributed by atoms with Gasteiger partial charge in [0.15, 0.2) is 0 Å². The van der Waals surface area contributed by atoms with E-state index < -0.39 is 6.36 Å². The highest BCUT2D eigenvalue weighted by Gasteiger charge is 2.31. The molecule has 1 fully saturated rings. The molecule has 0 aromatic heterocycles. The Bertz CT molecular complexity index is 846. The van der Waals surface area contributed by atoms with E-state index in [1.165, 1.54) is 12.1 Å². The zero-order valence-electron chi connectivity index (χ0n) is 16.3. The molecule has 0 unspecified atom stereocenters. The normalized spacial score (nSPS) is 15.0. The fourth-order valence-electron chi connectivity index (χ4n) is 3.41. The maximum absolute atomic E-state index is 12.6. The number of amides is 2. The van der Waals surface area contributed by atoms with Crippen LogP contribution in [-0.2, 0) is 11.2 Å². The molecule has 2 aromatic rings. The highest BCUT2D eigenvalue weighted by atomic mass is 19.4. The summed E-state index contributed by atoms with van der Waals surface area (Å²) in [5.74, 6) is -0.623. The fraction of sp³-hybridized carbons (Fsp3) is 0.364. The number of nitrogens with zero attached hydrogens (tertiary/aromatic N) is 1. The Balaban J connectivity index is 1.43. The number of alkyl halides is 3. The van der Waals surface area contributed by atoms with E-state index in [4.69, 9.17) is 0 Å². The molecule has 0 aliphatic carbocycles. The van der Waals surface area contributed by atoms with Gasteiger partial charge in [-0.3, -0.25) is 9.59 Å². The second-order valence-electron chi connectivity index (χ2n) is 7.19. The van der Waals surface area contributed by atoms with Crippen molar-refractivity contribution < 1.29 is 27.5 Å². The Morgan fingerprint density at radius 1 is 1.00 bits per heavy atom. The molecule has 1 saturated heterocycles. The average Bonchev–Trinajstić information content (AvgIpc) is 2.72. The van der Waals surface area contributed by atoms with Gasteiger partial charge in [0, 0.05) is 31.1 Å². The molecule has 1 aliphatic rings. The lowest BCUT2D eigenvalue weighted by Gasteiger charge is -2.32. The molecule has 1 N–H and O–H groups in total. The lowest BCUT2D eigenvalue weighted by molar-refractivity contribution is -0.274. The van der Waals surface area contributed by atoms with Crippen molar-refractivity contribution in [3.8, 4) is 5.75 Å². The summed E-state index contributed by atoms with van der Waals surface area (Å²) < 4.78 is 40.5. The van der Waals surface area contributed by atoms with Crippen LogP contribution in [0.3, 0.4) is 0 Å². The number of halogens is 3. The van der Waals surface area contributed by atoms with Gasteiger partial charge in [0.1, 0.15) is 5.75 Å². The Morgan fingerprint density at radius 3 is 2.23 bits per heavy atom. The van der Waals surface area contributed by atoms with Crippen LogP contribution < -0.4 is 10.1 Å². The van der Waals surface area contributed by atoms with Gasteiger partial charge in [-0.2, -0.15) is 0 Å². The summed E-state index contributed by atoms with van der Waals surface area (Å²) in [5.41, 5.74) is 1.41. The van der Waals surface area contributed by atoms with Crippen molar-refractivity contribution in [1.82, 2.24) is 10.2 Å². The molecule has 0 bridgehead atoms. The van der Waals surface area contributed by atoms with Crippen LogP contribution in [0.2, 0.25) is 0 Å². The van der Waals surface area contributed by atoms with Crippen molar-refractivity contribution in [3.63, 3.8) is 0 Å². The number of carbonyl (C=O) groups is 2. The minimum absolute atomic E-state index is 0.0103. The van der Waals surface area contributed by atoms with Crippen molar-refractivity contribution in [2.75, 3.05) is 13.1 Å². The van der Waals surface area contributed by atoms with Gasteiger partial charge in [0.25, 0.3) is 5.91 Å². The molecule has 8 heteroatoms. The smallest absolute Gasteiger partial charge is 0.406 e. The molecule has 0 radical (unpaired) electrons. The molecule has 2 aromatic carbocycles. The molecule has 0 spiro atoms. The van der Waals surface area contributed by atoms with Crippen molar-refractivity contribution in [3.05, 3.63) is 65.7 Å². The van der Waals surface area contributed by atoms with Gasteiger partial charge in [0.05, 0.1) is 0 Å². The highest BCUT2D eigenvalue weighted by molar-refractivity contribution is 5.94. The third-order valence-electron chi connectivity index (χ3n) is 4.97. The van der Waals surface area contributed by atoms with Crippen molar-refractivity contribution in [2.24, 2.45) is 0 Å². The summed E-state index contributed by atoms with van der Waals surface area (Å²) >= 11 is 0. The summed E-state index contributed by atoms with van der Waals surface area (Å²) in [6, 6.07) is 14.7. The maximum Gasteiger partial charge on any atom is 0.573 e. The summed E-state index contributed by atoms with van der Waals surface area (Å²) in [6.45, 7) is 0.951. The molecular formula is C22H23F3N2O3. The molecule has 160 valence electrons.